The van der Waals surface area contributed by atoms with Crippen molar-refractivity contribution in [2.24, 2.45) is 0 Å². The Bertz CT molecular complexity index is 351. The van der Waals surface area contributed by atoms with Gasteiger partial charge in [-0.25, -0.2) is 4.39 Å². The number of halogens is 2. The van der Waals surface area contributed by atoms with Gasteiger partial charge >= 0.3 is 0 Å². The molecule has 0 aliphatic carbocycles. The van der Waals surface area contributed by atoms with Crippen LogP contribution < -0.4 is 0 Å². The van der Waals surface area contributed by atoms with Gasteiger partial charge in [0.15, 0.2) is 6.29 Å². The molecule has 0 amide bonds. The summed E-state index contributed by atoms with van der Waals surface area (Å²) in [7, 11) is 0. The summed E-state index contributed by atoms with van der Waals surface area (Å²) in [5.41, 5.74) is 0.814. The first kappa shape index (κ1) is 12.0. The summed E-state index contributed by atoms with van der Waals surface area (Å²) in [6, 6.07) is 4.59. The molecule has 1 unspecified atom stereocenters. The molecule has 1 aromatic carbocycles. The van der Waals surface area contributed by atoms with Crippen LogP contribution >= 0.6 is 15.9 Å². The van der Waals surface area contributed by atoms with Crippen LogP contribution in [0.15, 0.2) is 22.7 Å². The Morgan fingerprint density at radius 2 is 2.31 bits per heavy atom. The van der Waals surface area contributed by atoms with E-state index >= 15 is 0 Å². The minimum Gasteiger partial charge on any atom is -0.353 e. The van der Waals surface area contributed by atoms with Crippen molar-refractivity contribution in [1.29, 1.82) is 0 Å². The van der Waals surface area contributed by atoms with Crippen molar-refractivity contribution in [3.8, 4) is 0 Å². The summed E-state index contributed by atoms with van der Waals surface area (Å²) >= 11 is 3.37. The largest absolute Gasteiger partial charge is 0.353 e. The van der Waals surface area contributed by atoms with Crippen LogP contribution in [0.2, 0.25) is 0 Å². The van der Waals surface area contributed by atoms with Crippen LogP contribution in [0.1, 0.15) is 24.8 Å². The summed E-state index contributed by atoms with van der Waals surface area (Å²) in [6.07, 6.45) is 3.02. The SMILES string of the molecule is Fc1ccc(Br)c(COC2CCCCO2)c1. The molecule has 0 bridgehead atoms. The van der Waals surface area contributed by atoms with E-state index in [0.29, 0.717) is 6.61 Å². The van der Waals surface area contributed by atoms with Crippen molar-refractivity contribution in [1.82, 2.24) is 0 Å². The highest BCUT2D eigenvalue weighted by Crippen LogP contribution is 2.21. The third-order valence-corrected chi connectivity index (χ3v) is 3.34. The summed E-state index contributed by atoms with van der Waals surface area (Å²) in [5.74, 6) is -0.244. The lowest BCUT2D eigenvalue weighted by atomic mass is 10.2. The quantitative estimate of drug-likeness (QED) is 0.846. The predicted octanol–water partition coefficient (Wildman–Crippen LogP) is 3.63. The van der Waals surface area contributed by atoms with Gasteiger partial charge in [-0.3, -0.25) is 0 Å². The van der Waals surface area contributed by atoms with E-state index in [0.717, 1.165) is 35.9 Å². The Morgan fingerprint density at radius 3 is 3.06 bits per heavy atom. The van der Waals surface area contributed by atoms with Crippen molar-refractivity contribution in [2.75, 3.05) is 6.61 Å². The fourth-order valence-electron chi connectivity index (χ4n) is 1.68. The maximum absolute atomic E-state index is 13.0. The molecule has 4 heteroatoms. The lowest BCUT2D eigenvalue weighted by molar-refractivity contribution is -0.169. The molecule has 2 rings (SSSR count). The van der Waals surface area contributed by atoms with E-state index in [4.69, 9.17) is 9.47 Å². The van der Waals surface area contributed by atoms with Crippen molar-refractivity contribution < 1.29 is 13.9 Å². The maximum Gasteiger partial charge on any atom is 0.158 e. The topological polar surface area (TPSA) is 18.5 Å². The smallest absolute Gasteiger partial charge is 0.158 e. The van der Waals surface area contributed by atoms with Crippen molar-refractivity contribution >= 4 is 15.9 Å². The lowest BCUT2D eigenvalue weighted by Gasteiger charge is -2.22. The molecule has 0 saturated carbocycles. The molecular weight excluding hydrogens is 275 g/mol. The van der Waals surface area contributed by atoms with Crippen molar-refractivity contribution in [3.63, 3.8) is 0 Å². The Hall–Kier alpha value is -0.450. The predicted molar refractivity (Wildman–Crippen MR) is 62.5 cm³/mol. The first-order chi connectivity index (χ1) is 7.75. The van der Waals surface area contributed by atoms with Gasteiger partial charge in [0, 0.05) is 11.1 Å². The number of rotatable bonds is 3. The van der Waals surface area contributed by atoms with E-state index in [1.807, 2.05) is 0 Å². The van der Waals surface area contributed by atoms with E-state index in [-0.39, 0.29) is 12.1 Å². The molecular formula is C12H14BrFO2. The van der Waals surface area contributed by atoms with Gasteiger partial charge in [0.2, 0.25) is 0 Å². The first-order valence-corrected chi connectivity index (χ1v) is 6.22. The first-order valence-electron chi connectivity index (χ1n) is 5.43. The van der Waals surface area contributed by atoms with Crippen LogP contribution in [0.25, 0.3) is 0 Å². The minimum atomic E-state index is -0.244. The molecule has 1 aliphatic heterocycles. The molecule has 1 atom stereocenters. The van der Waals surface area contributed by atoms with Gasteiger partial charge in [0.05, 0.1) is 6.61 Å². The zero-order chi connectivity index (χ0) is 11.4. The van der Waals surface area contributed by atoms with Gasteiger partial charge in [0.25, 0.3) is 0 Å². The van der Waals surface area contributed by atoms with Crippen LogP contribution in [-0.4, -0.2) is 12.9 Å². The van der Waals surface area contributed by atoms with Gasteiger partial charge in [-0.15, -0.1) is 0 Å². The monoisotopic (exact) mass is 288 g/mol. The van der Waals surface area contributed by atoms with E-state index in [9.17, 15) is 4.39 Å². The number of hydrogen-bond donors (Lipinski definition) is 0. The fraction of sp³-hybridized carbons (Fsp3) is 0.500. The molecule has 1 heterocycles. The van der Waals surface area contributed by atoms with Crippen molar-refractivity contribution in [3.05, 3.63) is 34.1 Å². The third-order valence-electron chi connectivity index (χ3n) is 2.57. The van der Waals surface area contributed by atoms with Gasteiger partial charge in [0.1, 0.15) is 5.82 Å². The number of ether oxygens (including phenoxy) is 2. The second-order valence-corrected chi connectivity index (χ2v) is 4.70. The molecule has 1 aromatic rings. The highest BCUT2D eigenvalue weighted by atomic mass is 79.9. The zero-order valence-electron chi connectivity index (χ0n) is 8.92. The average Bonchev–Trinajstić information content (AvgIpc) is 2.32. The molecule has 2 nitrogen and oxygen atoms in total. The molecule has 0 aromatic heterocycles. The van der Waals surface area contributed by atoms with Crippen LogP contribution in [-0.2, 0) is 16.1 Å². The second kappa shape index (κ2) is 5.75. The van der Waals surface area contributed by atoms with E-state index in [1.165, 1.54) is 12.1 Å². The summed E-state index contributed by atoms with van der Waals surface area (Å²) < 4.78 is 24.9. The lowest BCUT2D eigenvalue weighted by Crippen LogP contribution is -2.22. The van der Waals surface area contributed by atoms with E-state index in [2.05, 4.69) is 15.9 Å². The highest BCUT2D eigenvalue weighted by molar-refractivity contribution is 9.10. The fourth-order valence-corrected chi connectivity index (χ4v) is 2.04. The van der Waals surface area contributed by atoms with Crippen LogP contribution in [0.3, 0.4) is 0 Å². The summed E-state index contributed by atoms with van der Waals surface area (Å²) in [5, 5.41) is 0. The molecule has 1 saturated heterocycles. The molecule has 0 radical (unpaired) electrons. The normalized spacial score (nSPS) is 21.0. The molecule has 1 aliphatic rings. The van der Waals surface area contributed by atoms with Gasteiger partial charge < -0.3 is 9.47 Å². The van der Waals surface area contributed by atoms with Crippen LogP contribution in [0, 0.1) is 5.82 Å². The van der Waals surface area contributed by atoms with E-state index in [1.54, 1.807) is 6.07 Å². The summed E-state index contributed by atoms with van der Waals surface area (Å²) in [6.45, 7) is 1.14. The van der Waals surface area contributed by atoms with E-state index < -0.39 is 0 Å². The van der Waals surface area contributed by atoms with Gasteiger partial charge in [-0.1, -0.05) is 15.9 Å². The van der Waals surface area contributed by atoms with Crippen LogP contribution in [0.5, 0.6) is 0 Å². The third kappa shape index (κ3) is 3.27. The zero-order valence-corrected chi connectivity index (χ0v) is 10.5. The Kier molecular flexibility index (Phi) is 4.32. The Morgan fingerprint density at radius 1 is 1.44 bits per heavy atom. The van der Waals surface area contributed by atoms with Gasteiger partial charge in [-0.2, -0.15) is 0 Å². The Balaban J connectivity index is 1.90. The molecule has 0 N–H and O–H groups in total. The summed E-state index contributed by atoms with van der Waals surface area (Å²) in [4.78, 5) is 0. The van der Waals surface area contributed by atoms with Crippen molar-refractivity contribution in [2.45, 2.75) is 32.2 Å². The number of benzene rings is 1. The molecule has 88 valence electrons. The molecule has 16 heavy (non-hydrogen) atoms. The molecule has 1 fully saturated rings. The van der Waals surface area contributed by atoms with Crippen LogP contribution in [0.4, 0.5) is 4.39 Å². The second-order valence-electron chi connectivity index (χ2n) is 3.84. The maximum atomic E-state index is 13.0. The standard InChI is InChI=1S/C12H14BrFO2/c13-11-5-4-10(14)7-9(11)8-16-12-3-1-2-6-15-12/h4-5,7,12H,1-3,6,8H2. The highest BCUT2D eigenvalue weighted by Gasteiger charge is 2.14. The average molecular weight is 289 g/mol. The minimum absolute atomic E-state index is 0.135. The number of hydrogen-bond acceptors (Lipinski definition) is 2. The van der Waals surface area contributed by atoms with Gasteiger partial charge in [-0.05, 0) is 43.0 Å². The Labute approximate surface area is 103 Å². The molecule has 0 spiro atoms.